The highest BCUT2D eigenvalue weighted by Gasteiger charge is 1.97. The zero-order valence-electron chi connectivity index (χ0n) is 16.1. The van der Waals surface area contributed by atoms with E-state index >= 15 is 0 Å². The molecule has 0 amide bonds. The lowest BCUT2D eigenvalue weighted by Crippen LogP contribution is -2.02. The molecule has 146 valence electrons. The van der Waals surface area contributed by atoms with Crippen LogP contribution in [0.1, 0.15) is 110 Å². The Morgan fingerprint density at radius 1 is 0.708 bits per heavy atom. The molecule has 0 aromatic heterocycles. The van der Waals surface area contributed by atoms with Crippen LogP contribution in [-0.2, 0) is 4.79 Å². The van der Waals surface area contributed by atoms with Gasteiger partial charge in [0.2, 0.25) is 0 Å². The quantitative estimate of drug-likeness (QED) is 0.314. The van der Waals surface area contributed by atoms with Crippen LogP contribution in [0.25, 0.3) is 0 Å². The van der Waals surface area contributed by atoms with E-state index in [1.54, 1.807) is 0 Å². The van der Waals surface area contributed by atoms with E-state index in [0.29, 0.717) is 13.0 Å². The van der Waals surface area contributed by atoms with Crippen molar-refractivity contribution < 1.29 is 15.0 Å². The highest BCUT2D eigenvalue weighted by molar-refractivity contribution is 5.66. The van der Waals surface area contributed by atoms with Crippen molar-refractivity contribution in [2.24, 2.45) is 5.73 Å². The fourth-order valence-corrected chi connectivity index (χ4v) is 2.65. The Hall–Kier alpha value is -0.610. The van der Waals surface area contributed by atoms with Crippen LogP contribution in [0.3, 0.4) is 0 Å². The van der Waals surface area contributed by atoms with Gasteiger partial charge in [0.05, 0.1) is 6.61 Å². The second kappa shape index (κ2) is 24.6. The van der Waals surface area contributed by atoms with E-state index < -0.39 is 5.97 Å². The Labute approximate surface area is 150 Å². The van der Waals surface area contributed by atoms with Gasteiger partial charge in [-0.2, -0.15) is 0 Å². The molecular weight excluding hydrogens is 302 g/mol. The number of aliphatic hydroxyl groups excluding tert-OH is 1. The second-order valence-electron chi connectivity index (χ2n) is 6.61. The highest BCUT2D eigenvalue weighted by atomic mass is 16.4. The number of aliphatic carboxylic acids is 1. The summed E-state index contributed by atoms with van der Waals surface area (Å²) in [5, 5.41) is 16.3. The van der Waals surface area contributed by atoms with E-state index in [0.717, 1.165) is 12.8 Å². The number of carboxylic acid groups (broad SMARTS) is 1. The van der Waals surface area contributed by atoms with Crippen molar-refractivity contribution in [3.8, 4) is 0 Å². The molecule has 4 N–H and O–H groups in total. The Kier molecular flexibility index (Phi) is 26.3. The van der Waals surface area contributed by atoms with Crippen molar-refractivity contribution in [2.75, 3.05) is 13.2 Å². The molecule has 0 rings (SSSR count). The van der Waals surface area contributed by atoms with Gasteiger partial charge < -0.3 is 15.9 Å². The maximum atomic E-state index is 10.3. The molecule has 0 spiro atoms. The topological polar surface area (TPSA) is 83.5 Å². The summed E-state index contributed by atoms with van der Waals surface area (Å²) in [6.07, 6.45) is 20.2. The minimum atomic E-state index is -0.653. The van der Waals surface area contributed by atoms with E-state index in [9.17, 15) is 4.79 Å². The molecule has 4 nitrogen and oxygen atoms in total. The van der Waals surface area contributed by atoms with Crippen LogP contribution < -0.4 is 5.73 Å². The Morgan fingerprint density at radius 2 is 1.00 bits per heavy atom. The number of unbranched alkanes of at least 4 members (excludes halogenated alkanes) is 14. The van der Waals surface area contributed by atoms with Crippen molar-refractivity contribution in [1.29, 1.82) is 0 Å². The molecule has 0 radical (unpaired) electrons. The molecule has 0 unspecified atom stereocenters. The van der Waals surface area contributed by atoms with Gasteiger partial charge >= 0.3 is 5.97 Å². The smallest absolute Gasteiger partial charge is 0.303 e. The van der Waals surface area contributed by atoms with Crippen LogP contribution in [-0.4, -0.2) is 29.3 Å². The molecule has 0 saturated carbocycles. The number of hydrogen-bond donors (Lipinski definition) is 3. The third-order valence-electron chi connectivity index (χ3n) is 4.12. The summed E-state index contributed by atoms with van der Waals surface area (Å²) >= 11 is 0. The molecule has 0 aliphatic carbocycles. The molecule has 0 aromatic carbocycles. The summed E-state index contributed by atoms with van der Waals surface area (Å²) in [5.74, 6) is -0.653. The summed E-state index contributed by atoms with van der Waals surface area (Å²) in [7, 11) is 0. The summed E-state index contributed by atoms with van der Waals surface area (Å²) in [5.41, 5.74) is 4.78. The lowest BCUT2D eigenvalue weighted by atomic mass is 10.0. The van der Waals surface area contributed by atoms with Crippen molar-refractivity contribution in [1.82, 2.24) is 0 Å². The first-order valence-electron chi connectivity index (χ1n) is 10.2. The van der Waals surface area contributed by atoms with E-state index in [1.165, 1.54) is 83.5 Å². The number of rotatable bonds is 17. The van der Waals surface area contributed by atoms with Crippen LogP contribution in [0.4, 0.5) is 0 Å². The van der Waals surface area contributed by atoms with Crippen LogP contribution in [0.2, 0.25) is 0 Å². The van der Waals surface area contributed by atoms with E-state index in [1.807, 2.05) is 0 Å². The minimum absolute atomic E-state index is 0.0972. The van der Waals surface area contributed by atoms with E-state index in [-0.39, 0.29) is 6.61 Å². The molecule has 4 heteroatoms. The molecule has 0 aromatic rings. The van der Waals surface area contributed by atoms with Crippen LogP contribution >= 0.6 is 0 Å². The normalized spacial score (nSPS) is 10.3. The number of aliphatic hydroxyl groups is 1. The number of carboxylic acids is 1. The van der Waals surface area contributed by atoms with Gasteiger partial charge in [0.15, 0.2) is 0 Å². The van der Waals surface area contributed by atoms with Crippen molar-refractivity contribution in [2.45, 2.75) is 110 Å². The standard InChI is InChI=1S/C18H36O2.C2H7NO/c1-2-3-4-5-6-7-8-9-10-11-12-13-14-15-16-17-18(19)20;3-1-2-4/h2-17H2,1H3,(H,19,20);4H,1-3H2. The average Bonchev–Trinajstić information content (AvgIpc) is 2.58. The number of nitrogens with two attached hydrogens (primary N) is 1. The molecule has 0 bridgehead atoms. The largest absolute Gasteiger partial charge is 0.481 e. The third kappa shape index (κ3) is 29.4. The van der Waals surface area contributed by atoms with Gasteiger partial charge in [0.25, 0.3) is 0 Å². The zero-order valence-corrected chi connectivity index (χ0v) is 16.1. The molecule has 0 heterocycles. The van der Waals surface area contributed by atoms with Crippen molar-refractivity contribution in [3.05, 3.63) is 0 Å². The molecule has 0 fully saturated rings. The Balaban J connectivity index is 0. The summed E-state index contributed by atoms with van der Waals surface area (Å²) in [6, 6.07) is 0. The van der Waals surface area contributed by atoms with E-state index in [2.05, 4.69) is 6.92 Å². The first-order chi connectivity index (χ1) is 11.7. The van der Waals surface area contributed by atoms with Crippen LogP contribution in [0.5, 0.6) is 0 Å². The molecular formula is C20H43NO3. The van der Waals surface area contributed by atoms with Gasteiger partial charge in [-0.25, -0.2) is 0 Å². The molecule has 0 aliphatic heterocycles. The predicted octanol–water partition coefficient (Wildman–Crippen LogP) is 5.27. The maximum Gasteiger partial charge on any atom is 0.303 e. The van der Waals surface area contributed by atoms with Gasteiger partial charge in [-0.15, -0.1) is 0 Å². The van der Waals surface area contributed by atoms with E-state index in [4.69, 9.17) is 15.9 Å². The highest BCUT2D eigenvalue weighted by Crippen LogP contribution is 2.13. The van der Waals surface area contributed by atoms with Crippen LogP contribution in [0.15, 0.2) is 0 Å². The average molecular weight is 346 g/mol. The lowest BCUT2D eigenvalue weighted by Gasteiger charge is -2.03. The Bertz CT molecular complexity index is 233. The van der Waals surface area contributed by atoms with Gasteiger partial charge in [0.1, 0.15) is 0 Å². The van der Waals surface area contributed by atoms with Crippen LogP contribution in [0, 0.1) is 0 Å². The Morgan fingerprint density at radius 3 is 1.25 bits per heavy atom. The minimum Gasteiger partial charge on any atom is -0.481 e. The molecule has 0 atom stereocenters. The summed E-state index contributed by atoms with van der Waals surface area (Å²) < 4.78 is 0. The van der Waals surface area contributed by atoms with Gasteiger partial charge in [0, 0.05) is 13.0 Å². The predicted molar refractivity (Wildman–Crippen MR) is 103 cm³/mol. The first kappa shape index (κ1) is 25.6. The lowest BCUT2D eigenvalue weighted by molar-refractivity contribution is -0.137. The first-order valence-corrected chi connectivity index (χ1v) is 10.2. The van der Waals surface area contributed by atoms with Gasteiger partial charge in [-0.1, -0.05) is 96.8 Å². The molecule has 0 aliphatic rings. The van der Waals surface area contributed by atoms with Gasteiger partial charge in [-0.05, 0) is 6.42 Å². The number of hydrogen-bond acceptors (Lipinski definition) is 3. The third-order valence-corrected chi connectivity index (χ3v) is 4.12. The summed E-state index contributed by atoms with van der Waals surface area (Å²) in [6.45, 7) is 2.74. The molecule has 0 saturated heterocycles. The van der Waals surface area contributed by atoms with Crippen molar-refractivity contribution in [3.63, 3.8) is 0 Å². The van der Waals surface area contributed by atoms with Gasteiger partial charge in [-0.3, -0.25) is 4.79 Å². The molecule has 24 heavy (non-hydrogen) atoms. The number of carbonyl (C=O) groups is 1. The summed E-state index contributed by atoms with van der Waals surface area (Å²) in [4.78, 5) is 10.3. The zero-order chi connectivity index (χ0) is 18.3. The fraction of sp³-hybridized carbons (Fsp3) is 0.950. The fourth-order valence-electron chi connectivity index (χ4n) is 2.65. The SMILES string of the molecule is CCCCCCCCCCCCCCCCCC(=O)O.NCCO. The maximum absolute atomic E-state index is 10.3. The monoisotopic (exact) mass is 345 g/mol. The van der Waals surface area contributed by atoms with Crippen molar-refractivity contribution >= 4 is 5.97 Å². The second-order valence-corrected chi connectivity index (χ2v) is 6.61.